The minimum Gasteiger partial charge on any atom is -0.286 e. The van der Waals surface area contributed by atoms with E-state index in [4.69, 9.17) is 21.3 Å². The van der Waals surface area contributed by atoms with E-state index in [1.54, 1.807) is 0 Å². The minimum absolute atomic E-state index is 0.0229. The number of nitrogens with one attached hydrogen (secondary N) is 8. The lowest BCUT2D eigenvalue weighted by Gasteiger charge is -2.45. The molecule has 16 heteroatoms. The Morgan fingerprint density at radius 3 is 0.365 bits per heavy atom. The Balaban J connectivity index is 0.835. The third-order valence-corrected chi connectivity index (χ3v) is 33.5. The zero-order valence-corrected chi connectivity index (χ0v) is 60.4. The monoisotopic (exact) mass is 1420 g/mol. The molecule has 8 aromatic carbocycles. The molecule has 96 heavy (non-hydrogen) atoms. The van der Waals surface area contributed by atoms with Gasteiger partial charge in [-0.05, 0) is 148 Å². The second-order valence-corrected chi connectivity index (χ2v) is 38.3. The average molecular weight is 1420 g/mol. The third-order valence-electron chi connectivity index (χ3n) is 22.4. The summed E-state index contributed by atoms with van der Waals surface area (Å²) in [5.74, 6) is 2.50. The van der Waals surface area contributed by atoms with Crippen molar-refractivity contribution in [2.75, 3.05) is 0 Å². The second kappa shape index (κ2) is 30.4. The number of fused-ring (bicyclic) bond motifs is 20. The molecule has 8 nitrogen and oxygen atoms in total. The van der Waals surface area contributed by atoms with Gasteiger partial charge in [0.05, 0.1) is 49.3 Å². The van der Waals surface area contributed by atoms with Crippen molar-refractivity contribution in [1.82, 2.24) is 42.5 Å². The van der Waals surface area contributed by atoms with Crippen molar-refractivity contribution < 1.29 is 0 Å². The Hall–Kier alpha value is -3.76. The fourth-order valence-corrected chi connectivity index (χ4v) is 29.8. The summed E-state index contributed by atoms with van der Waals surface area (Å²) < 4.78 is 0. The largest absolute Gasteiger partial charge is 0.286 e. The van der Waals surface area contributed by atoms with E-state index in [1.165, 1.54) is 39.2 Å². The summed E-state index contributed by atoms with van der Waals surface area (Å²) in [5.41, 5.74) is 0. The molecule has 17 rings (SSSR count). The van der Waals surface area contributed by atoms with Crippen LogP contribution in [0, 0.1) is 47.3 Å². The molecule has 5 aliphatic heterocycles. The molecule has 9 aliphatic rings. The first kappa shape index (κ1) is 65.5. The van der Waals surface area contributed by atoms with Crippen molar-refractivity contribution in [2.24, 2.45) is 47.3 Å². The summed E-state index contributed by atoms with van der Waals surface area (Å²) in [6, 6.07) is 91.2. The van der Waals surface area contributed by atoms with Gasteiger partial charge >= 0.3 is 0 Å². The van der Waals surface area contributed by atoms with Gasteiger partial charge in [0, 0.05) is 129 Å². The van der Waals surface area contributed by atoms with Crippen LogP contribution >= 0.6 is 94.1 Å². The molecular formula is C80H88N8S8. The summed E-state index contributed by atoms with van der Waals surface area (Å²) in [6.07, 6.45) is 9.44. The van der Waals surface area contributed by atoms with Crippen molar-refractivity contribution in [3.05, 3.63) is 243 Å². The fraction of sp³-hybridized carbons (Fsp3) is 0.400. The SMILES string of the molecule is c1ccc(SC2CCC(Sc3ccccc3)C3C4NC(NC5NC(NC6NC(NC7NC(N4)C4C(Sc8ccccc8)CCC(Sc8ccccc8)C74)C4C(Sc7ccccc7)CCC(Sc7ccccc7)C64)C4C(Sc6ccccc6)CCC(Sc6ccccc6)C54)C23)cc1. The molecule has 4 aliphatic carbocycles. The molecule has 0 radical (unpaired) electrons. The van der Waals surface area contributed by atoms with Crippen molar-refractivity contribution in [1.29, 1.82) is 0 Å². The third kappa shape index (κ3) is 14.3. The van der Waals surface area contributed by atoms with Gasteiger partial charge in [0.25, 0.3) is 0 Å². The van der Waals surface area contributed by atoms with Crippen LogP contribution in [0.2, 0.25) is 0 Å². The maximum absolute atomic E-state index is 4.75. The van der Waals surface area contributed by atoms with E-state index in [2.05, 4.69) is 358 Å². The molecule has 16 unspecified atom stereocenters. The molecule has 16 atom stereocenters. The van der Waals surface area contributed by atoms with Gasteiger partial charge in [-0.1, -0.05) is 146 Å². The Kier molecular flexibility index (Phi) is 20.8. The highest BCUT2D eigenvalue weighted by Gasteiger charge is 2.62. The quantitative estimate of drug-likeness (QED) is 0.0471. The molecule has 0 amide bonds. The zero-order chi connectivity index (χ0) is 63.7. The Labute approximate surface area is 603 Å². The molecule has 5 heterocycles. The lowest BCUT2D eigenvalue weighted by Crippen LogP contribution is -2.62. The first-order valence-electron chi connectivity index (χ1n) is 35.4. The molecule has 4 saturated carbocycles. The predicted molar refractivity (Wildman–Crippen MR) is 409 cm³/mol. The minimum atomic E-state index is 0.0229. The van der Waals surface area contributed by atoms with Crippen molar-refractivity contribution >= 4 is 94.1 Å². The molecule has 9 fully saturated rings. The van der Waals surface area contributed by atoms with Gasteiger partial charge in [0.15, 0.2) is 0 Å². The van der Waals surface area contributed by atoms with E-state index in [0.717, 1.165) is 51.4 Å². The second-order valence-electron chi connectivity index (χ2n) is 27.8. The summed E-state index contributed by atoms with van der Waals surface area (Å²) in [6.45, 7) is 0. The van der Waals surface area contributed by atoms with Crippen LogP contribution in [0.15, 0.2) is 282 Å². The highest BCUT2D eigenvalue weighted by atomic mass is 32.2. The number of thioether (sulfide) groups is 8. The highest BCUT2D eigenvalue weighted by molar-refractivity contribution is 8.02. The molecule has 5 saturated heterocycles. The normalized spacial score (nSPS) is 36.8. The predicted octanol–water partition coefficient (Wildman–Crippen LogP) is 16.8. The summed E-state index contributed by atoms with van der Waals surface area (Å²) in [7, 11) is 0. The van der Waals surface area contributed by atoms with Gasteiger partial charge in [0.1, 0.15) is 0 Å². The fourth-order valence-electron chi connectivity index (χ4n) is 18.5. The zero-order valence-electron chi connectivity index (χ0n) is 53.9. The molecule has 8 aromatic rings. The maximum atomic E-state index is 4.75. The topological polar surface area (TPSA) is 96.2 Å². The van der Waals surface area contributed by atoms with Crippen molar-refractivity contribution in [3.63, 3.8) is 0 Å². The van der Waals surface area contributed by atoms with Crippen molar-refractivity contribution in [3.8, 4) is 0 Å². The highest BCUT2D eigenvalue weighted by Crippen LogP contribution is 2.58. The number of rotatable bonds is 16. The van der Waals surface area contributed by atoms with Gasteiger partial charge < -0.3 is 0 Å². The van der Waals surface area contributed by atoms with Crippen molar-refractivity contribution in [2.45, 2.75) is 182 Å². The van der Waals surface area contributed by atoms with Crippen LogP contribution in [0.1, 0.15) is 51.4 Å². The van der Waals surface area contributed by atoms with Gasteiger partial charge in [-0.25, -0.2) is 0 Å². The number of hydrogen-bond acceptors (Lipinski definition) is 16. The molecule has 8 bridgehead atoms. The van der Waals surface area contributed by atoms with Gasteiger partial charge in [-0.3, -0.25) is 42.5 Å². The van der Waals surface area contributed by atoms with Crippen LogP contribution < -0.4 is 42.5 Å². The lowest BCUT2D eigenvalue weighted by molar-refractivity contribution is 0.182. The van der Waals surface area contributed by atoms with Crippen LogP contribution in [0.25, 0.3) is 0 Å². The molecule has 496 valence electrons. The first-order valence-corrected chi connectivity index (χ1v) is 42.4. The number of hydrogen-bond donors (Lipinski definition) is 8. The Morgan fingerprint density at radius 2 is 0.260 bits per heavy atom. The first-order chi connectivity index (χ1) is 47.5. The van der Waals surface area contributed by atoms with E-state index in [1.807, 2.05) is 0 Å². The Morgan fingerprint density at radius 1 is 0.156 bits per heavy atom. The number of benzene rings is 8. The van der Waals surface area contributed by atoms with Gasteiger partial charge in [-0.2, -0.15) is 0 Å². The van der Waals surface area contributed by atoms with E-state index in [9.17, 15) is 0 Å². The molecule has 0 aromatic heterocycles. The van der Waals surface area contributed by atoms with Crippen LogP contribution in [-0.2, 0) is 0 Å². The van der Waals surface area contributed by atoms with E-state index in [0.29, 0.717) is 89.3 Å². The Bertz CT molecular complexity index is 3030. The maximum Gasteiger partial charge on any atom is 0.0639 e. The lowest BCUT2D eigenvalue weighted by atomic mass is 9.75. The molecule has 0 spiro atoms. The van der Waals surface area contributed by atoms with Gasteiger partial charge in [-0.15, -0.1) is 94.1 Å². The average Bonchev–Trinajstić information content (AvgIpc) is 1.58. The summed E-state index contributed by atoms with van der Waals surface area (Å²) in [5, 5.41) is 40.7. The van der Waals surface area contributed by atoms with Crippen LogP contribution in [0.4, 0.5) is 0 Å². The summed E-state index contributed by atoms with van der Waals surface area (Å²) in [4.78, 5) is 11.0. The van der Waals surface area contributed by atoms with Crippen LogP contribution in [0.3, 0.4) is 0 Å². The van der Waals surface area contributed by atoms with Crippen LogP contribution in [-0.4, -0.2) is 91.3 Å². The molecule has 8 N–H and O–H groups in total. The smallest absolute Gasteiger partial charge is 0.0639 e. The van der Waals surface area contributed by atoms with Gasteiger partial charge in [0.2, 0.25) is 0 Å². The van der Waals surface area contributed by atoms with E-state index in [-0.39, 0.29) is 49.3 Å². The van der Waals surface area contributed by atoms with E-state index < -0.39 is 0 Å². The summed E-state index contributed by atoms with van der Waals surface area (Å²) >= 11 is 17.1. The standard InChI is InChI=1S/C80H88N8S8/c1-9-25-49(26-10-1)89-57-41-42-58(90-50-27-11-2-12-28-50)66-65(57)73-81-74(66)86-76-69-61(93-53-33-17-5-18-34-53)45-46-62(94-54-35-19-6-20-36-54)70(69)78(83-76)88-80-72-64(96-56-39-23-8-24-40-56)48-47-63(95-55-37-21-7-22-38-55)71(72)79(84-80)87-77-68-60(92-52-31-15-4-16-32-52)44-43-59(67(68)75(82-77)85-73)91-51-29-13-3-14-30-51/h1-40,57-88H,41-48H2. The van der Waals surface area contributed by atoms with Crippen LogP contribution in [0.5, 0.6) is 0 Å². The molecular weight excluding hydrogens is 1330 g/mol. The van der Waals surface area contributed by atoms with E-state index >= 15 is 0 Å².